The maximum atomic E-state index is 12.5. The number of carbonyl (C=O) groups excluding carboxylic acids is 2. The molecule has 10 heteroatoms. The third-order valence-electron chi connectivity index (χ3n) is 4.01. The van der Waals surface area contributed by atoms with Gasteiger partial charge in [0.25, 0.3) is 10.0 Å². The summed E-state index contributed by atoms with van der Waals surface area (Å²) in [6, 6.07) is 2.25. The molecule has 8 nitrogen and oxygen atoms in total. The van der Waals surface area contributed by atoms with Gasteiger partial charge in [-0.1, -0.05) is 6.07 Å². The van der Waals surface area contributed by atoms with Crippen LogP contribution >= 0.6 is 11.3 Å². The second kappa shape index (κ2) is 8.03. The van der Waals surface area contributed by atoms with Crippen LogP contribution in [0.1, 0.15) is 27.7 Å². The molecule has 0 aromatic carbocycles. The van der Waals surface area contributed by atoms with Crippen molar-refractivity contribution in [3.8, 4) is 0 Å². The van der Waals surface area contributed by atoms with Crippen molar-refractivity contribution in [2.45, 2.75) is 43.5 Å². The number of nitrogens with one attached hydrogen (secondary N) is 2. The topological polar surface area (TPSA) is 98.8 Å². The number of amides is 3. The van der Waals surface area contributed by atoms with Gasteiger partial charge in [0.15, 0.2) is 0 Å². The van der Waals surface area contributed by atoms with Crippen LogP contribution in [0.2, 0.25) is 0 Å². The van der Waals surface area contributed by atoms with E-state index in [1.807, 2.05) is 25.7 Å². The average molecular weight is 403 g/mol. The zero-order chi connectivity index (χ0) is 19.5. The fourth-order valence-electron chi connectivity index (χ4n) is 2.62. The summed E-state index contributed by atoms with van der Waals surface area (Å²) < 4.78 is 26.8. The van der Waals surface area contributed by atoms with Crippen LogP contribution in [0.15, 0.2) is 21.7 Å². The van der Waals surface area contributed by atoms with Gasteiger partial charge < -0.3 is 5.32 Å². The molecule has 2 rings (SSSR count). The number of imide groups is 1. The third-order valence-corrected chi connectivity index (χ3v) is 7.29. The van der Waals surface area contributed by atoms with Crippen LogP contribution < -0.4 is 10.6 Å². The van der Waals surface area contributed by atoms with E-state index in [2.05, 4.69) is 10.6 Å². The molecule has 1 aliphatic rings. The Morgan fingerprint density at radius 3 is 2.31 bits per heavy atom. The lowest BCUT2D eigenvalue weighted by Crippen LogP contribution is -2.57. The molecule has 0 aliphatic carbocycles. The quantitative estimate of drug-likeness (QED) is 0.785. The van der Waals surface area contributed by atoms with Gasteiger partial charge >= 0.3 is 6.03 Å². The molecule has 0 unspecified atom stereocenters. The first kappa shape index (κ1) is 20.8. The summed E-state index contributed by atoms with van der Waals surface area (Å²) in [6.45, 7) is 8.68. The van der Waals surface area contributed by atoms with Gasteiger partial charge in [0.2, 0.25) is 5.91 Å². The van der Waals surface area contributed by atoms with Crippen molar-refractivity contribution in [3.05, 3.63) is 17.5 Å². The molecule has 1 aromatic rings. The van der Waals surface area contributed by atoms with Crippen LogP contribution in [0.3, 0.4) is 0 Å². The Bertz CT molecular complexity index is 733. The lowest BCUT2D eigenvalue weighted by atomic mass is 10.1. The van der Waals surface area contributed by atoms with Crippen LogP contribution in [-0.4, -0.2) is 67.3 Å². The van der Waals surface area contributed by atoms with Crippen molar-refractivity contribution < 1.29 is 18.0 Å². The number of carbonyl (C=O) groups is 2. The molecule has 0 spiro atoms. The van der Waals surface area contributed by atoms with E-state index in [9.17, 15) is 18.0 Å². The minimum atomic E-state index is -3.47. The number of hydrogen-bond donors (Lipinski definition) is 2. The molecule has 2 N–H and O–H groups in total. The molecule has 1 aromatic heterocycles. The van der Waals surface area contributed by atoms with Gasteiger partial charge in [0, 0.05) is 31.7 Å². The van der Waals surface area contributed by atoms with Crippen LogP contribution in [0.4, 0.5) is 4.79 Å². The number of hydrogen-bond acceptors (Lipinski definition) is 6. The molecule has 1 saturated heterocycles. The summed E-state index contributed by atoms with van der Waals surface area (Å²) in [5, 5.41) is 6.75. The molecular formula is C16H26N4O4S2. The van der Waals surface area contributed by atoms with Crippen LogP contribution in [0, 0.1) is 0 Å². The smallest absolute Gasteiger partial charge is 0.321 e. The van der Waals surface area contributed by atoms with Gasteiger partial charge in [-0.2, -0.15) is 4.31 Å². The van der Waals surface area contributed by atoms with Crippen molar-refractivity contribution in [3.63, 3.8) is 0 Å². The summed E-state index contributed by atoms with van der Waals surface area (Å²) in [5.41, 5.74) is -0.435. The zero-order valence-corrected chi connectivity index (χ0v) is 17.1. The molecule has 0 radical (unpaired) electrons. The van der Waals surface area contributed by atoms with Crippen molar-refractivity contribution >= 4 is 33.3 Å². The minimum absolute atomic E-state index is 0.312. The number of urea groups is 1. The molecule has 1 atom stereocenters. The lowest BCUT2D eigenvalue weighted by molar-refractivity contribution is -0.125. The number of sulfonamides is 1. The first-order valence-electron chi connectivity index (χ1n) is 8.41. The highest BCUT2D eigenvalue weighted by Gasteiger charge is 2.32. The molecule has 146 valence electrons. The van der Waals surface area contributed by atoms with Crippen molar-refractivity contribution in [1.29, 1.82) is 0 Å². The van der Waals surface area contributed by atoms with E-state index in [4.69, 9.17) is 0 Å². The van der Waals surface area contributed by atoms with Crippen molar-refractivity contribution in [2.75, 3.05) is 26.2 Å². The molecule has 1 aliphatic heterocycles. The maximum Gasteiger partial charge on any atom is 0.321 e. The Kier molecular flexibility index (Phi) is 6.43. The van der Waals surface area contributed by atoms with E-state index >= 15 is 0 Å². The van der Waals surface area contributed by atoms with Gasteiger partial charge in [0.1, 0.15) is 4.21 Å². The Hall–Kier alpha value is -1.49. The Balaban J connectivity index is 1.89. The third kappa shape index (κ3) is 5.26. The van der Waals surface area contributed by atoms with E-state index in [0.29, 0.717) is 30.4 Å². The number of nitrogens with zero attached hydrogens (tertiary/aromatic N) is 2. The van der Waals surface area contributed by atoms with Gasteiger partial charge in [-0.05, 0) is 39.1 Å². The zero-order valence-electron chi connectivity index (χ0n) is 15.5. The van der Waals surface area contributed by atoms with Gasteiger partial charge in [0.05, 0.1) is 6.04 Å². The van der Waals surface area contributed by atoms with E-state index in [0.717, 1.165) is 0 Å². The highest BCUT2D eigenvalue weighted by Crippen LogP contribution is 2.22. The number of thiophene rings is 1. The second-order valence-electron chi connectivity index (χ2n) is 7.24. The number of piperazine rings is 1. The minimum Gasteiger partial charge on any atom is -0.333 e. The SMILES string of the molecule is C[C@H](C(=O)NC(=O)NC(C)(C)C)N1CCN(S(=O)(=O)c2cccs2)CC1. The molecule has 0 saturated carbocycles. The summed E-state index contributed by atoms with van der Waals surface area (Å²) in [4.78, 5) is 26.0. The van der Waals surface area contributed by atoms with E-state index < -0.39 is 33.5 Å². The summed E-state index contributed by atoms with van der Waals surface area (Å²) in [6.07, 6.45) is 0. The fourth-order valence-corrected chi connectivity index (χ4v) is 5.19. The van der Waals surface area contributed by atoms with Crippen LogP contribution in [0.5, 0.6) is 0 Å². The van der Waals surface area contributed by atoms with Crippen molar-refractivity contribution in [1.82, 2.24) is 19.8 Å². The van der Waals surface area contributed by atoms with Gasteiger partial charge in [-0.15, -0.1) is 11.3 Å². The predicted molar refractivity (Wildman–Crippen MR) is 101 cm³/mol. The highest BCUT2D eigenvalue weighted by molar-refractivity contribution is 7.91. The van der Waals surface area contributed by atoms with Crippen molar-refractivity contribution in [2.24, 2.45) is 0 Å². The van der Waals surface area contributed by atoms with Crippen LogP contribution in [0.25, 0.3) is 0 Å². The predicted octanol–water partition coefficient (Wildman–Crippen LogP) is 1.07. The molecule has 0 bridgehead atoms. The van der Waals surface area contributed by atoms with E-state index in [-0.39, 0.29) is 0 Å². The van der Waals surface area contributed by atoms with E-state index in [1.54, 1.807) is 24.4 Å². The largest absolute Gasteiger partial charge is 0.333 e. The summed E-state index contributed by atoms with van der Waals surface area (Å²) in [5.74, 6) is -0.402. The Morgan fingerprint density at radius 2 is 1.81 bits per heavy atom. The standard InChI is InChI=1S/C16H26N4O4S2/c1-12(14(21)17-15(22)18-16(2,3)4)19-7-9-20(10-8-19)26(23,24)13-6-5-11-25-13/h5-6,11-12H,7-10H2,1-4H3,(H2,17,18,21,22)/t12-/m1/s1. The molecule has 3 amide bonds. The van der Waals surface area contributed by atoms with E-state index in [1.165, 1.54) is 15.6 Å². The maximum absolute atomic E-state index is 12.5. The van der Waals surface area contributed by atoms with Gasteiger partial charge in [-0.3, -0.25) is 15.0 Å². The fraction of sp³-hybridized carbons (Fsp3) is 0.625. The average Bonchev–Trinajstić information content (AvgIpc) is 3.07. The monoisotopic (exact) mass is 402 g/mol. The molecule has 2 heterocycles. The Labute approximate surface area is 158 Å². The highest BCUT2D eigenvalue weighted by atomic mass is 32.2. The normalized spacial score (nSPS) is 18.3. The molecule has 26 heavy (non-hydrogen) atoms. The first-order valence-corrected chi connectivity index (χ1v) is 10.7. The second-order valence-corrected chi connectivity index (χ2v) is 10.4. The number of rotatable bonds is 4. The summed E-state index contributed by atoms with van der Waals surface area (Å²) >= 11 is 1.19. The Morgan fingerprint density at radius 1 is 1.19 bits per heavy atom. The molecular weight excluding hydrogens is 376 g/mol. The van der Waals surface area contributed by atoms with Crippen LogP contribution in [-0.2, 0) is 14.8 Å². The lowest BCUT2D eigenvalue weighted by Gasteiger charge is -2.36. The molecule has 1 fully saturated rings. The summed E-state index contributed by atoms with van der Waals surface area (Å²) in [7, 11) is -3.47. The first-order chi connectivity index (χ1) is 12.0. The van der Waals surface area contributed by atoms with Gasteiger partial charge in [-0.25, -0.2) is 13.2 Å².